The van der Waals surface area contributed by atoms with Crippen molar-refractivity contribution in [2.75, 3.05) is 6.54 Å². The number of rotatable bonds is 6. The highest BCUT2D eigenvalue weighted by molar-refractivity contribution is 7.89. The molecule has 7 nitrogen and oxygen atoms in total. The molecule has 0 spiro atoms. The van der Waals surface area contributed by atoms with E-state index in [0.29, 0.717) is 6.42 Å². The zero-order valence-corrected chi connectivity index (χ0v) is 11.4. The third-order valence-corrected chi connectivity index (χ3v) is 4.13. The lowest BCUT2D eigenvalue weighted by atomic mass is 10.2. The summed E-state index contributed by atoms with van der Waals surface area (Å²) in [4.78, 5) is 17.8. The fourth-order valence-electron chi connectivity index (χ4n) is 1.64. The molecule has 20 heavy (non-hydrogen) atoms. The highest BCUT2D eigenvalue weighted by Gasteiger charge is 2.15. The lowest BCUT2D eigenvalue weighted by Crippen LogP contribution is -2.26. The van der Waals surface area contributed by atoms with Gasteiger partial charge in [-0.2, -0.15) is 0 Å². The van der Waals surface area contributed by atoms with E-state index in [-0.39, 0.29) is 17.0 Å². The monoisotopic (exact) mass is 294 g/mol. The van der Waals surface area contributed by atoms with Gasteiger partial charge in [-0.1, -0.05) is 6.07 Å². The number of benzene rings is 1. The third kappa shape index (κ3) is 3.43. The van der Waals surface area contributed by atoms with Gasteiger partial charge in [-0.05, 0) is 18.2 Å². The Morgan fingerprint density at radius 1 is 1.40 bits per heavy atom. The number of aromatic nitrogens is 2. The molecule has 1 aromatic heterocycles. The van der Waals surface area contributed by atoms with Gasteiger partial charge in [0.15, 0.2) is 0 Å². The van der Waals surface area contributed by atoms with Gasteiger partial charge in [0.05, 0.1) is 11.2 Å². The third-order valence-electron chi connectivity index (χ3n) is 2.67. The Hall–Kier alpha value is -2.19. The molecule has 0 bridgehead atoms. The zero-order valence-electron chi connectivity index (χ0n) is 10.5. The van der Waals surface area contributed by atoms with E-state index in [1.54, 1.807) is 6.20 Å². The topological polar surface area (TPSA) is 118 Å². The molecule has 0 atom stereocenters. The molecule has 8 heteroatoms. The average Bonchev–Trinajstić information content (AvgIpc) is 2.92. The minimum Gasteiger partial charge on any atom is -0.366 e. The number of imidazole rings is 1. The van der Waals surface area contributed by atoms with Gasteiger partial charge >= 0.3 is 0 Å². The van der Waals surface area contributed by atoms with Crippen molar-refractivity contribution in [3.63, 3.8) is 0 Å². The Balaban J connectivity index is 2.06. The van der Waals surface area contributed by atoms with Crippen LogP contribution >= 0.6 is 0 Å². The van der Waals surface area contributed by atoms with Gasteiger partial charge in [0.2, 0.25) is 15.9 Å². The standard InChI is InChI=1S/C12H14N4O3S/c13-12(17)9-2-1-3-11(6-9)20(18,19)16-5-4-10-7-14-8-15-10/h1-3,6-8,16H,4-5H2,(H2,13,17)(H,14,15). The average molecular weight is 294 g/mol. The lowest BCUT2D eigenvalue weighted by Gasteiger charge is -2.07. The predicted octanol–water partition coefficient (Wildman–Crippen LogP) is 0.0296. The summed E-state index contributed by atoms with van der Waals surface area (Å²) >= 11 is 0. The molecule has 0 saturated carbocycles. The van der Waals surface area contributed by atoms with E-state index in [1.165, 1.54) is 30.6 Å². The number of sulfonamides is 1. The lowest BCUT2D eigenvalue weighted by molar-refractivity contribution is 0.1000. The summed E-state index contributed by atoms with van der Waals surface area (Å²) in [6.07, 6.45) is 3.65. The van der Waals surface area contributed by atoms with E-state index >= 15 is 0 Å². The van der Waals surface area contributed by atoms with Gasteiger partial charge in [0.25, 0.3) is 0 Å². The van der Waals surface area contributed by atoms with Crippen LogP contribution in [0.25, 0.3) is 0 Å². The minimum atomic E-state index is -3.66. The molecule has 1 heterocycles. The van der Waals surface area contributed by atoms with Gasteiger partial charge in [0.1, 0.15) is 0 Å². The highest BCUT2D eigenvalue weighted by atomic mass is 32.2. The van der Waals surface area contributed by atoms with E-state index in [4.69, 9.17) is 5.73 Å². The number of amides is 1. The van der Waals surface area contributed by atoms with Crippen molar-refractivity contribution >= 4 is 15.9 Å². The van der Waals surface area contributed by atoms with Crippen molar-refractivity contribution in [1.82, 2.24) is 14.7 Å². The normalized spacial score (nSPS) is 11.4. The van der Waals surface area contributed by atoms with Crippen molar-refractivity contribution < 1.29 is 13.2 Å². The van der Waals surface area contributed by atoms with Crippen LogP contribution in [0.15, 0.2) is 41.7 Å². The van der Waals surface area contributed by atoms with Crippen molar-refractivity contribution in [1.29, 1.82) is 0 Å². The molecule has 0 aliphatic carbocycles. The molecule has 2 rings (SSSR count). The summed E-state index contributed by atoms with van der Waals surface area (Å²) in [7, 11) is -3.66. The van der Waals surface area contributed by atoms with Crippen LogP contribution in [0.4, 0.5) is 0 Å². The Labute approximate surface area is 116 Å². The second-order valence-electron chi connectivity index (χ2n) is 4.12. The Kier molecular flexibility index (Phi) is 4.16. The van der Waals surface area contributed by atoms with Crippen LogP contribution in [0.1, 0.15) is 16.1 Å². The fourth-order valence-corrected chi connectivity index (χ4v) is 2.72. The number of hydrogen-bond donors (Lipinski definition) is 3. The predicted molar refractivity (Wildman–Crippen MR) is 72.4 cm³/mol. The van der Waals surface area contributed by atoms with Crippen LogP contribution in [0.3, 0.4) is 0 Å². The maximum Gasteiger partial charge on any atom is 0.248 e. The Morgan fingerprint density at radius 2 is 2.20 bits per heavy atom. The maximum absolute atomic E-state index is 12.0. The maximum atomic E-state index is 12.0. The number of carbonyl (C=O) groups excluding carboxylic acids is 1. The molecule has 0 aliphatic rings. The van der Waals surface area contributed by atoms with Crippen LogP contribution in [-0.4, -0.2) is 30.8 Å². The van der Waals surface area contributed by atoms with Gasteiger partial charge < -0.3 is 10.7 Å². The van der Waals surface area contributed by atoms with E-state index in [2.05, 4.69) is 14.7 Å². The van der Waals surface area contributed by atoms with Crippen molar-refractivity contribution in [2.45, 2.75) is 11.3 Å². The summed E-state index contributed by atoms with van der Waals surface area (Å²) in [6.45, 7) is 0.228. The first-order chi connectivity index (χ1) is 9.49. The molecule has 106 valence electrons. The first-order valence-corrected chi connectivity index (χ1v) is 7.34. The van der Waals surface area contributed by atoms with Crippen molar-refractivity contribution in [3.8, 4) is 0 Å². The first-order valence-electron chi connectivity index (χ1n) is 5.86. The van der Waals surface area contributed by atoms with Crippen molar-refractivity contribution in [3.05, 3.63) is 48.0 Å². The van der Waals surface area contributed by atoms with Crippen LogP contribution < -0.4 is 10.5 Å². The molecule has 0 unspecified atom stereocenters. The molecular weight excluding hydrogens is 280 g/mol. The number of nitrogens with one attached hydrogen (secondary N) is 2. The van der Waals surface area contributed by atoms with Crippen molar-refractivity contribution in [2.24, 2.45) is 5.73 Å². The molecule has 1 aromatic carbocycles. The zero-order chi connectivity index (χ0) is 14.6. The van der Waals surface area contributed by atoms with Gasteiger partial charge in [-0.25, -0.2) is 18.1 Å². The first kappa shape index (κ1) is 14.2. The molecule has 4 N–H and O–H groups in total. The highest BCUT2D eigenvalue weighted by Crippen LogP contribution is 2.11. The van der Waals surface area contributed by atoms with Gasteiger partial charge in [-0.15, -0.1) is 0 Å². The smallest absolute Gasteiger partial charge is 0.248 e. The second-order valence-corrected chi connectivity index (χ2v) is 5.88. The largest absolute Gasteiger partial charge is 0.366 e. The Bertz CT molecular complexity index is 695. The van der Waals surface area contributed by atoms with E-state index < -0.39 is 15.9 Å². The molecule has 2 aromatic rings. The minimum absolute atomic E-state index is 0.0124. The number of nitrogens with zero attached hydrogens (tertiary/aromatic N) is 1. The fraction of sp³-hybridized carbons (Fsp3) is 0.167. The SMILES string of the molecule is NC(=O)c1cccc(S(=O)(=O)NCCc2cnc[nH]2)c1. The number of hydrogen-bond acceptors (Lipinski definition) is 4. The molecule has 1 amide bonds. The van der Waals surface area contributed by atoms with E-state index in [9.17, 15) is 13.2 Å². The van der Waals surface area contributed by atoms with Crippen LogP contribution in [0.5, 0.6) is 0 Å². The van der Waals surface area contributed by atoms with Crippen LogP contribution in [-0.2, 0) is 16.4 Å². The number of nitrogens with two attached hydrogens (primary N) is 1. The van der Waals surface area contributed by atoms with Crippen LogP contribution in [0, 0.1) is 0 Å². The number of carbonyl (C=O) groups is 1. The number of H-pyrrole nitrogens is 1. The quantitative estimate of drug-likeness (QED) is 0.696. The Morgan fingerprint density at radius 3 is 2.85 bits per heavy atom. The summed E-state index contributed by atoms with van der Waals surface area (Å²) < 4.78 is 26.5. The summed E-state index contributed by atoms with van der Waals surface area (Å²) in [5.41, 5.74) is 6.11. The van der Waals surface area contributed by atoms with E-state index in [1.807, 2.05) is 0 Å². The summed E-state index contributed by atoms with van der Waals surface area (Å²) in [5.74, 6) is -0.667. The summed E-state index contributed by atoms with van der Waals surface area (Å²) in [5, 5.41) is 0. The number of primary amides is 1. The van der Waals surface area contributed by atoms with Gasteiger partial charge in [-0.3, -0.25) is 4.79 Å². The van der Waals surface area contributed by atoms with Gasteiger partial charge in [0, 0.05) is 30.4 Å². The molecular formula is C12H14N4O3S. The number of aromatic amines is 1. The van der Waals surface area contributed by atoms with E-state index in [0.717, 1.165) is 5.69 Å². The molecule has 0 aliphatic heterocycles. The molecule has 0 saturated heterocycles. The van der Waals surface area contributed by atoms with Crippen LogP contribution in [0.2, 0.25) is 0 Å². The molecule has 0 radical (unpaired) electrons. The molecule has 0 fully saturated rings. The second kappa shape index (κ2) is 5.85. The summed E-state index contributed by atoms with van der Waals surface area (Å²) in [6, 6.07) is 5.60.